The lowest BCUT2D eigenvalue weighted by molar-refractivity contribution is -0.119. The highest BCUT2D eigenvalue weighted by Crippen LogP contribution is 2.31. The molecule has 0 radical (unpaired) electrons. The van der Waals surface area contributed by atoms with E-state index in [0.29, 0.717) is 10.9 Å². The average molecular weight is 409 g/mol. The molecule has 26 heavy (non-hydrogen) atoms. The van der Waals surface area contributed by atoms with Crippen molar-refractivity contribution in [3.8, 4) is 0 Å². The maximum Gasteiger partial charge on any atom is 0.321 e. The summed E-state index contributed by atoms with van der Waals surface area (Å²) in [6, 6.07) is 8.98. The Kier molecular flexibility index (Phi) is 8.14. The Balaban J connectivity index is 1.76. The fourth-order valence-corrected chi connectivity index (χ4v) is 4.74. The second kappa shape index (κ2) is 10.3. The third-order valence-electron chi connectivity index (χ3n) is 3.01. The number of carbonyl (C=O) groups is 2. The molecule has 0 saturated carbocycles. The number of nitrogens with zero attached hydrogens (tertiary/aromatic N) is 2. The van der Waals surface area contributed by atoms with Crippen LogP contribution in [-0.4, -0.2) is 33.1 Å². The molecule has 0 fully saturated rings. The van der Waals surface area contributed by atoms with Gasteiger partial charge in [-0.2, -0.15) is 0 Å². The monoisotopic (exact) mass is 408 g/mol. The van der Waals surface area contributed by atoms with Gasteiger partial charge in [-0.25, -0.2) is 4.79 Å². The number of nitrogens with one attached hydrogen (secondary N) is 2. The van der Waals surface area contributed by atoms with Gasteiger partial charge in [0.1, 0.15) is 0 Å². The molecular weight excluding hydrogens is 388 g/mol. The van der Waals surface area contributed by atoms with Crippen LogP contribution in [-0.2, 0) is 11.3 Å². The summed E-state index contributed by atoms with van der Waals surface area (Å²) in [7, 11) is 0. The van der Waals surface area contributed by atoms with Crippen LogP contribution in [0, 0.1) is 0 Å². The van der Waals surface area contributed by atoms with Gasteiger partial charge in [0.05, 0.1) is 5.25 Å². The van der Waals surface area contributed by atoms with Crippen LogP contribution in [0.1, 0.15) is 19.4 Å². The zero-order chi connectivity index (χ0) is 18.9. The Bertz CT molecular complexity index is 764. The molecule has 2 rings (SSSR count). The number of aromatic nitrogens is 2. The van der Waals surface area contributed by atoms with Crippen molar-refractivity contribution in [1.29, 1.82) is 0 Å². The van der Waals surface area contributed by atoms with E-state index >= 15 is 0 Å². The van der Waals surface area contributed by atoms with E-state index in [4.69, 9.17) is 0 Å². The van der Waals surface area contributed by atoms with Crippen molar-refractivity contribution in [2.75, 3.05) is 5.75 Å². The predicted molar refractivity (Wildman–Crippen MR) is 108 cm³/mol. The van der Waals surface area contributed by atoms with Crippen molar-refractivity contribution in [1.82, 2.24) is 20.8 Å². The minimum absolute atomic E-state index is 0.362. The van der Waals surface area contributed by atoms with Crippen LogP contribution in [0.5, 0.6) is 0 Å². The first-order valence-electron chi connectivity index (χ1n) is 7.84. The molecule has 1 atom stereocenters. The van der Waals surface area contributed by atoms with Crippen molar-refractivity contribution < 1.29 is 9.59 Å². The van der Waals surface area contributed by atoms with E-state index < -0.39 is 11.3 Å². The minimum Gasteiger partial charge on any atom is -0.334 e. The van der Waals surface area contributed by atoms with E-state index in [1.807, 2.05) is 37.3 Å². The van der Waals surface area contributed by atoms with E-state index in [2.05, 4.69) is 27.4 Å². The molecule has 0 aliphatic rings. The Morgan fingerprint density at radius 3 is 2.62 bits per heavy atom. The molecule has 0 spiro atoms. The van der Waals surface area contributed by atoms with Gasteiger partial charge in [-0.05, 0) is 19.4 Å². The summed E-state index contributed by atoms with van der Waals surface area (Å²) < 4.78 is 1.53. The fourth-order valence-electron chi connectivity index (χ4n) is 1.73. The van der Waals surface area contributed by atoms with Crippen LogP contribution < -0.4 is 10.6 Å². The largest absolute Gasteiger partial charge is 0.334 e. The molecule has 1 aromatic heterocycles. The van der Waals surface area contributed by atoms with Gasteiger partial charge >= 0.3 is 6.03 Å². The van der Waals surface area contributed by atoms with Gasteiger partial charge in [-0.3, -0.25) is 10.1 Å². The molecule has 2 N–H and O–H groups in total. The van der Waals surface area contributed by atoms with Crippen molar-refractivity contribution in [2.24, 2.45) is 0 Å². The highest BCUT2D eigenvalue weighted by Gasteiger charge is 2.19. The summed E-state index contributed by atoms with van der Waals surface area (Å²) in [5, 5.41) is 12.7. The van der Waals surface area contributed by atoms with Crippen molar-refractivity contribution in [3.05, 3.63) is 48.0 Å². The summed E-state index contributed by atoms with van der Waals surface area (Å²) in [6.45, 7) is 7.90. The van der Waals surface area contributed by atoms with Crippen LogP contribution in [0.4, 0.5) is 4.79 Å². The Labute approximate surface area is 165 Å². The standard InChI is InChI=1S/C17H20N4O2S3/c1-11(2)10-24-16-20-21-17(26-16)25-12(3)14(22)19-15(23)18-9-13-7-5-4-6-8-13/h4-8,12H,1,9-10H2,2-3H3,(H2,18,19,22,23)/t12-/m0/s1. The number of hydrogen-bond donors (Lipinski definition) is 2. The number of thioether (sulfide) groups is 2. The fraction of sp³-hybridized carbons (Fsp3) is 0.294. The molecule has 0 unspecified atom stereocenters. The van der Waals surface area contributed by atoms with E-state index in [1.54, 1.807) is 18.7 Å². The van der Waals surface area contributed by atoms with Crippen LogP contribution in [0.15, 0.2) is 51.2 Å². The molecule has 0 bridgehead atoms. The van der Waals surface area contributed by atoms with Crippen molar-refractivity contribution in [3.63, 3.8) is 0 Å². The van der Waals surface area contributed by atoms with Crippen molar-refractivity contribution >= 4 is 46.8 Å². The quantitative estimate of drug-likeness (QED) is 0.512. The molecule has 6 nitrogen and oxygen atoms in total. The summed E-state index contributed by atoms with van der Waals surface area (Å²) in [4.78, 5) is 24.0. The number of hydrogen-bond acceptors (Lipinski definition) is 7. The topological polar surface area (TPSA) is 84.0 Å². The normalized spacial score (nSPS) is 11.6. The Hall–Kier alpha value is -1.84. The van der Waals surface area contributed by atoms with Crippen LogP contribution in [0.25, 0.3) is 0 Å². The number of rotatable bonds is 8. The van der Waals surface area contributed by atoms with E-state index in [1.165, 1.54) is 23.1 Å². The lowest BCUT2D eigenvalue weighted by Gasteiger charge is -2.10. The smallest absolute Gasteiger partial charge is 0.321 e. The maximum atomic E-state index is 12.1. The number of amides is 3. The summed E-state index contributed by atoms with van der Waals surface area (Å²) in [5.41, 5.74) is 2.03. The highest BCUT2D eigenvalue weighted by atomic mass is 32.2. The van der Waals surface area contributed by atoms with Gasteiger partial charge in [-0.15, -0.1) is 10.2 Å². The summed E-state index contributed by atoms with van der Waals surface area (Å²) >= 11 is 4.28. The van der Waals surface area contributed by atoms with Crippen molar-refractivity contribution in [2.45, 2.75) is 34.3 Å². The highest BCUT2D eigenvalue weighted by molar-refractivity contribution is 8.04. The van der Waals surface area contributed by atoms with Gasteiger partial charge in [0.25, 0.3) is 0 Å². The zero-order valence-corrected chi connectivity index (χ0v) is 17.0. The first-order valence-corrected chi connectivity index (χ1v) is 10.5. The first-order chi connectivity index (χ1) is 12.4. The molecule has 0 aliphatic heterocycles. The summed E-state index contributed by atoms with van der Waals surface area (Å²) in [5.74, 6) is 0.420. The first kappa shape index (κ1) is 20.5. The van der Waals surface area contributed by atoms with Gasteiger partial charge in [0.2, 0.25) is 5.91 Å². The molecule has 138 valence electrons. The Morgan fingerprint density at radius 2 is 1.92 bits per heavy atom. The number of urea groups is 1. The molecule has 1 aromatic carbocycles. The van der Waals surface area contributed by atoms with Gasteiger partial charge < -0.3 is 5.32 Å². The lowest BCUT2D eigenvalue weighted by atomic mass is 10.2. The molecule has 0 aliphatic carbocycles. The number of carbonyl (C=O) groups excluding carboxylic acids is 2. The summed E-state index contributed by atoms with van der Waals surface area (Å²) in [6.07, 6.45) is 0. The number of imide groups is 1. The second-order valence-electron chi connectivity index (χ2n) is 5.50. The van der Waals surface area contributed by atoms with Gasteiger partial charge in [-0.1, -0.05) is 77.3 Å². The van der Waals surface area contributed by atoms with Gasteiger partial charge in [0.15, 0.2) is 8.68 Å². The second-order valence-corrected chi connectivity index (χ2v) is 9.29. The predicted octanol–water partition coefficient (Wildman–Crippen LogP) is 3.71. The molecule has 1 heterocycles. The van der Waals surface area contributed by atoms with Crippen LogP contribution in [0.3, 0.4) is 0 Å². The van der Waals surface area contributed by atoms with E-state index in [0.717, 1.165) is 21.2 Å². The lowest BCUT2D eigenvalue weighted by Crippen LogP contribution is -2.42. The van der Waals surface area contributed by atoms with Crippen LogP contribution in [0.2, 0.25) is 0 Å². The molecule has 3 amide bonds. The Morgan fingerprint density at radius 1 is 1.23 bits per heavy atom. The van der Waals surface area contributed by atoms with E-state index in [9.17, 15) is 9.59 Å². The molecule has 0 saturated heterocycles. The third kappa shape index (κ3) is 7.19. The average Bonchev–Trinajstić information content (AvgIpc) is 3.06. The van der Waals surface area contributed by atoms with E-state index in [-0.39, 0.29) is 5.91 Å². The minimum atomic E-state index is -0.513. The molecule has 2 aromatic rings. The zero-order valence-electron chi connectivity index (χ0n) is 14.5. The number of benzene rings is 1. The van der Waals surface area contributed by atoms with Gasteiger partial charge in [0, 0.05) is 12.3 Å². The maximum absolute atomic E-state index is 12.1. The molecular formula is C17H20N4O2S3. The van der Waals surface area contributed by atoms with Crippen LogP contribution >= 0.6 is 34.9 Å². The third-order valence-corrected chi connectivity index (χ3v) is 6.48. The SMILES string of the molecule is C=C(C)CSc1nnc(S[C@@H](C)C(=O)NC(=O)NCc2ccccc2)s1. The molecule has 9 heteroatoms.